The lowest BCUT2D eigenvalue weighted by atomic mass is 9.78. The molecule has 2 heteroatoms. The smallest absolute Gasteiger partial charge is 0.132 e. The molecule has 0 aliphatic heterocycles. The van der Waals surface area contributed by atoms with Gasteiger partial charge in [0.05, 0.1) is 0 Å². The largest absolute Gasteiger partial charge is 0.330 e. The lowest BCUT2D eigenvalue weighted by Gasteiger charge is -2.31. The first-order valence-electron chi connectivity index (χ1n) is 5.68. The van der Waals surface area contributed by atoms with Crippen molar-refractivity contribution in [1.82, 2.24) is 0 Å². The van der Waals surface area contributed by atoms with Crippen LogP contribution in [0.2, 0.25) is 0 Å². The van der Waals surface area contributed by atoms with Crippen LogP contribution in [-0.4, -0.2) is 6.54 Å². The normalized spacial score (nSPS) is 21.5. The van der Waals surface area contributed by atoms with E-state index in [1.165, 1.54) is 0 Å². The van der Waals surface area contributed by atoms with Crippen molar-refractivity contribution in [3.05, 3.63) is 35.9 Å². The predicted octanol–water partition coefficient (Wildman–Crippen LogP) is 3.22. The highest BCUT2D eigenvalue weighted by Gasteiger charge is 2.41. The maximum Gasteiger partial charge on any atom is 0.132 e. The molecule has 1 aliphatic rings. The summed E-state index contributed by atoms with van der Waals surface area (Å²) in [6.45, 7) is 0.461. The van der Waals surface area contributed by atoms with Crippen molar-refractivity contribution < 1.29 is 4.39 Å². The van der Waals surface area contributed by atoms with E-state index >= 15 is 0 Å². The molecule has 0 aromatic heterocycles. The second-order valence-electron chi connectivity index (χ2n) is 4.55. The summed E-state index contributed by atoms with van der Waals surface area (Å²) >= 11 is 0. The number of benzene rings is 1. The van der Waals surface area contributed by atoms with E-state index in [2.05, 4.69) is 0 Å². The molecule has 0 bridgehead atoms. The van der Waals surface area contributed by atoms with Crippen LogP contribution >= 0.6 is 0 Å². The number of alkyl halides is 1. The highest BCUT2D eigenvalue weighted by Crippen LogP contribution is 2.48. The van der Waals surface area contributed by atoms with Gasteiger partial charge in [-0.05, 0) is 18.4 Å². The van der Waals surface area contributed by atoms with Crippen molar-refractivity contribution in [3.8, 4) is 0 Å². The van der Waals surface area contributed by atoms with Crippen molar-refractivity contribution in [2.45, 2.75) is 31.9 Å². The number of rotatable bonds is 3. The SMILES string of the molecule is NCC1(C(F)c2ccccc2)CCCC1. The Morgan fingerprint density at radius 3 is 2.33 bits per heavy atom. The predicted molar refractivity (Wildman–Crippen MR) is 60.2 cm³/mol. The van der Waals surface area contributed by atoms with E-state index in [1.807, 2.05) is 30.3 Å². The minimum atomic E-state index is -0.897. The first-order chi connectivity index (χ1) is 7.28. The fraction of sp³-hybridized carbons (Fsp3) is 0.538. The molecule has 1 unspecified atom stereocenters. The molecule has 0 amide bonds. The number of hydrogen-bond acceptors (Lipinski definition) is 1. The van der Waals surface area contributed by atoms with Crippen LogP contribution in [0.1, 0.15) is 37.4 Å². The lowest BCUT2D eigenvalue weighted by Crippen LogP contribution is -2.32. The number of nitrogens with two attached hydrogens (primary N) is 1. The molecule has 0 saturated heterocycles. The van der Waals surface area contributed by atoms with E-state index < -0.39 is 6.17 Å². The average molecular weight is 207 g/mol. The summed E-state index contributed by atoms with van der Waals surface area (Å²) in [6, 6.07) is 9.42. The Kier molecular flexibility index (Phi) is 3.06. The second kappa shape index (κ2) is 4.31. The monoisotopic (exact) mass is 207 g/mol. The van der Waals surface area contributed by atoms with Gasteiger partial charge in [0.1, 0.15) is 6.17 Å². The van der Waals surface area contributed by atoms with Gasteiger partial charge in [-0.25, -0.2) is 4.39 Å². The Hall–Kier alpha value is -0.890. The number of halogens is 1. The Bertz CT molecular complexity index is 304. The van der Waals surface area contributed by atoms with Crippen LogP contribution in [-0.2, 0) is 0 Å². The Labute approximate surface area is 90.5 Å². The number of hydrogen-bond donors (Lipinski definition) is 1. The molecular formula is C13H18FN. The Morgan fingerprint density at radius 1 is 1.20 bits per heavy atom. The zero-order chi connectivity index (χ0) is 10.7. The van der Waals surface area contributed by atoms with Gasteiger partial charge in [-0.2, -0.15) is 0 Å². The minimum absolute atomic E-state index is 0.290. The van der Waals surface area contributed by atoms with Crippen molar-refractivity contribution in [1.29, 1.82) is 0 Å². The van der Waals surface area contributed by atoms with Crippen LogP contribution in [0.15, 0.2) is 30.3 Å². The van der Waals surface area contributed by atoms with Gasteiger partial charge in [-0.3, -0.25) is 0 Å². The van der Waals surface area contributed by atoms with Crippen LogP contribution in [0.5, 0.6) is 0 Å². The van der Waals surface area contributed by atoms with Crippen LogP contribution in [0.3, 0.4) is 0 Å². The van der Waals surface area contributed by atoms with Crippen LogP contribution in [0.25, 0.3) is 0 Å². The third-order valence-corrected chi connectivity index (χ3v) is 3.64. The summed E-state index contributed by atoms with van der Waals surface area (Å²) in [7, 11) is 0. The fourth-order valence-corrected chi connectivity index (χ4v) is 2.62. The maximum atomic E-state index is 14.4. The van der Waals surface area contributed by atoms with E-state index in [0.29, 0.717) is 6.54 Å². The molecule has 0 spiro atoms. The van der Waals surface area contributed by atoms with Gasteiger partial charge in [0, 0.05) is 12.0 Å². The molecule has 1 nitrogen and oxygen atoms in total. The first-order valence-corrected chi connectivity index (χ1v) is 5.68. The van der Waals surface area contributed by atoms with Crippen molar-refractivity contribution in [2.24, 2.45) is 11.1 Å². The van der Waals surface area contributed by atoms with Crippen molar-refractivity contribution >= 4 is 0 Å². The minimum Gasteiger partial charge on any atom is -0.330 e. The quantitative estimate of drug-likeness (QED) is 0.809. The van der Waals surface area contributed by atoms with Crippen LogP contribution in [0.4, 0.5) is 4.39 Å². The van der Waals surface area contributed by atoms with Gasteiger partial charge < -0.3 is 5.73 Å². The third-order valence-electron chi connectivity index (χ3n) is 3.64. The lowest BCUT2D eigenvalue weighted by molar-refractivity contribution is 0.119. The highest BCUT2D eigenvalue weighted by atomic mass is 19.1. The van der Waals surface area contributed by atoms with Crippen LogP contribution in [0, 0.1) is 5.41 Å². The molecular weight excluding hydrogens is 189 g/mol. The molecule has 1 fully saturated rings. The Morgan fingerprint density at radius 2 is 1.80 bits per heavy atom. The molecule has 15 heavy (non-hydrogen) atoms. The molecule has 82 valence electrons. The topological polar surface area (TPSA) is 26.0 Å². The summed E-state index contributed by atoms with van der Waals surface area (Å²) in [5, 5.41) is 0. The highest BCUT2D eigenvalue weighted by molar-refractivity contribution is 5.20. The zero-order valence-electron chi connectivity index (χ0n) is 8.95. The van der Waals surface area contributed by atoms with Gasteiger partial charge in [0.25, 0.3) is 0 Å². The molecule has 1 aliphatic carbocycles. The standard InChI is InChI=1S/C13H18FN/c14-12(11-6-2-1-3-7-11)13(10-15)8-4-5-9-13/h1-3,6-7,12H,4-5,8-10,15H2. The van der Waals surface area contributed by atoms with E-state index in [4.69, 9.17) is 5.73 Å². The fourth-order valence-electron chi connectivity index (χ4n) is 2.62. The summed E-state index contributed by atoms with van der Waals surface area (Å²) in [5.74, 6) is 0. The molecule has 0 heterocycles. The van der Waals surface area contributed by atoms with Gasteiger partial charge in [0.15, 0.2) is 0 Å². The average Bonchev–Trinajstić information content (AvgIpc) is 2.79. The van der Waals surface area contributed by atoms with Gasteiger partial charge in [-0.1, -0.05) is 43.2 Å². The molecule has 0 radical (unpaired) electrons. The van der Waals surface area contributed by atoms with E-state index in [1.54, 1.807) is 0 Å². The molecule has 1 atom stereocenters. The molecule has 2 rings (SSSR count). The van der Waals surface area contributed by atoms with E-state index in [9.17, 15) is 4.39 Å². The summed E-state index contributed by atoms with van der Waals surface area (Å²) in [6.07, 6.45) is 3.19. The van der Waals surface area contributed by atoms with Crippen molar-refractivity contribution in [2.75, 3.05) is 6.54 Å². The van der Waals surface area contributed by atoms with Gasteiger partial charge in [0.2, 0.25) is 0 Å². The van der Waals surface area contributed by atoms with E-state index in [0.717, 1.165) is 31.2 Å². The van der Waals surface area contributed by atoms with E-state index in [-0.39, 0.29) is 5.41 Å². The van der Waals surface area contributed by atoms with Crippen LogP contribution < -0.4 is 5.73 Å². The second-order valence-corrected chi connectivity index (χ2v) is 4.55. The molecule has 1 aromatic rings. The first kappa shape index (κ1) is 10.6. The summed E-state index contributed by atoms with van der Waals surface area (Å²) in [4.78, 5) is 0. The third kappa shape index (κ3) is 1.91. The Balaban J connectivity index is 2.22. The zero-order valence-corrected chi connectivity index (χ0v) is 8.95. The maximum absolute atomic E-state index is 14.4. The summed E-state index contributed by atoms with van der Waals surface area (Å²) in [5.41, 5.74) is 6.26. The molecule has 1 aromatic carbocycles. The van der Waals surface area contributed by atoms with Gasteiger partial charge in [-0.15, -0.1) is 0 Å². The molecule has 2 N–H and O–H groups in total. The van der Waals surface area contributed by atoms with Gasteiger partial charge >= 0.3 is 0 Å². The molecule has 1 saturated carbocycles. The summed E-state index contributed by atoms with van der Waals surface area (Å²) < 4.78 is 14.4. The van der Waals surface area contributed by atoms with Crippen molar-refractivity contribution in [3.63, 3.8) is 0 Å².